The van der Waals surface area contributed by atoms with Crippen molar-refractivity contribution < 1.29 is 14.3 Å². The smallest absolute Gasteiger partial charge is 0.261 e. The van der Waals surface area contributed by atoms with Crippen molar-refractivity contribution in [2.24, 2.45) is 0 Å². The number of hydrogen-bond acceptors (Lipinski definition) is 3. The maximum absolute atomic E-state index is 13.3. The van der Waals surface area contributed by atoms with Crippen LogP contribution >= 0.6 is 0 Å². The second-order valence-electron chi connectivity index (χ2n) is 7.99. The van der Waals surface area contributed by atoms with Crippen LogP contribution < -0.4 is 10.1 Å². The molecule has 0 bridgehead atoms. The molecule has 0 saturated heterocycles. The summed E-state index contributed by atoms with van der Waals surface area (Å²) in [6, 6.07) is 14.1. The average Bonchev–Trinajstić information content (AvgIpc) is 2.83. The zero-order valence-electron chi connectivity index (χ0n) is 15.4. The highest BCUT2D eigenvalue weighted by molar-refractivity contribution is 6.02. The third-order valence-corrected chi connectivity index (χ3v) is 4.86. The molecule has 0 unspecified atom stereocenters. The lowest BCUT2D eigenvalue weighted by Crippen LogP contribution is -2.55. The molecule has 134 valence electrons. The zero-order chi connectivity index (χ0) is 18.7. The van der Waals surface area contributed by atoms with Crippen molar-refractivity contribution in [3.05, 3.63) is 65.2 Å². The van der Waals surface area contributed by atoms with Crippen molar-refractivity contribution in [2.75, 3.05) is 0 Å². The molecule has 2 aromatic rings. The molecule has 0 aliphatic carbocycles. The number of rotatable bonds is 1. The summed E-state index contributed by atoms with van der Waals surface area (Å²) >= 11 is 0. The van der Waals surface area contributed by atoms with Gasteiger partial charge in [-0.2, -0.15) is 0 Å². The first kappa shape index (κ1) is 16.6. The van der Waals surface area contributed by atoms with E-state index in [4.69, 9.17) is 4.74 Å². The first-order valence-corrected chi connectivity index (χ1v) is 8.75. The number of para-hydroxylation sites is 1. The molecule has 1 N–H and O–H groups in total. The molecular weight excluding hydrogens is 328 g/mol. The third kappa shape index (κ3) is 2.30. The topological polar surface area (TPSA) is 58.6 Å². The Kier molecular flexibility index (Phi) is 3.41. The Morgan fingerprint density at radius 2 is 1.77 bits per heavy atom. The van der Waals surface area contributed by atoms with Crippen molar-refractivity contribution >= 4 is 11.8 Å². The number of amides is 2. The predicted octanol–water partition coefficient (Wildman–Crippen LogP) is 3.36. The van der Waals surface area contributed by atoms with Gasteiger partial charge < -0.3 is 10.1 Å². The minimum absolute atomic E-state index is 0.195. The molecule has 0 radical (unpaired) electrons. The Hall–Kier alpha value is -2.82. The number of hydrogen-bond donors (Lipinski definition) is 1. The lowest BCUT2D eigenvalue weighted by atomic mass is 9.99. The van der Waals surface area contributed by atoms with E-state index in [-0.39, 0.29) is 11.8 Å². The monoisotopic (exact) mass is 350 g/mol. The molecule has 2 aromatic carbocycles. The van der Waals surface area contributed by atoms with Crippen LogP contribution in [0.2, 0.25) is 0 Å². The number of benzene rings is 2. The van der Waals surface area contributed by atoms with E-state index in [1.807, 2.05) is 58.0 Å². The highest BCUT2D eigenvalue weighted by Gasteiger charge is 2.57. The first-order chi connectivity index (χ1) is 12.2. The quantitative estimate of drug-likeness (QED) is 0.858. The van der Waals surface area contributed by atoms with Gasteiger partial charge in [0.25, 0.3) is 5.91 Å². The predicted molar refractivity (Wildman–Crippen MR) is 97.7 cm³/mol. The molecular formula is C21H22N2O3. The van der Waals surface area contributed by atoms with Crippen molar-refractivity contribution in [2.45, 2.75) is 45.0 Å². The summed E-state index contributed by atoms with van der Waals surface area (Å²) in [7, 11) is 0. The highest BCUT2D eigenvalue weighted by Crippen LogP contribution is 2.51. The molecule has 5 nitrogen and oxygen atoms in total. The van der Waals surface area contributed by atoms with E-state index in [0.29, 0.717) is 11.3 Å². The number of carbonyl (C=O) groups is 2. The molecule has 2 amide bonds. The fraction of sp³-hybridized carbons (Fsp3) is 0.333. The zero-order valence-corrected chi connectivity index (χ0v) is 15.4. The Bertz CT molecular complexity index is 915. The van der Waals surface area contributed by atoms with Gasteiger partial charge in [-0.25, -0.2) is 0 Å². The largest absolute Gasteiger partial charge is 0.463 e. The standard InChI is InChI=1S/C21H22N2O3/c1-20(2,3)22-18(24)17-13-9-5-7-11-15(13)21(4)23(17)19(25)14-10-6-8-12-16(14)26-21/h5-12,17H,1-4H3,(H,22,24)/t17-,21+/m1/s1. The van der Waals surface area contributed by atoms with Crippen molar-refractivity contribution in [3.8, 4) is 5.75 Å². The molecule has 5 heteroatoms. The van der Waals surface area contributed by atoms with Crippen LogP contribution in [-0.2, 0) is 10.5 Å². The summed E-state index contributed by atoms with van der Waals surface area (Å²) < 4.78 is 6.28. The van der Waals surface area contributed by atoms with Crippen LogP contribution in [0.5, 0.6) is 5.75 Å². The Morgan fingerprint density at radius 1 is 1.12 bits per heavy atom. The lowest BCUT2D eigenvalue weighted by Gasteiger charge is -2.42. The Labute approximate surface area is 153 Å². The fourth-order valence-corrected chi connectivity index (χ4v) is 3.86. The summed E-state index contributed by atoms with van der Waals surface area (Å²) in [5.41, 5.74) is 0.714. The van der Waals surface area contributed by atoms with E-state index < -0.39 is 17.3 Å². The first-order valence-electron chi connectivity index (χ1n) is 8.75. The van der Waals surface area contributed by atoms with Gasteiger partial charge in [0.1, 0.15) is 11.8 Å². The Morgan fingerprint density at radius 3 is 2.50 bits per heavy atom. The van der Waals surface area contributed by atoms with Gasteiger partial charge in [0.05, 0.1) is 5.56 Å². The van der Waals surface area contributed by atoms with Gasteiger partial charge in [-0.05, 0) is 45.4 Å². The molecule has 0 aromatic heterocycles. The molecule has 2 atom stereocenters. The number of nitrogens with zero attached hydrogens (tertiary/aromatic N) is 1. The number of carbonyl (C=O) groups excluding carboxylic acids is 2. The van der Waals surface area contributed by atoms with E-state index in [1.54, 1.807) is 23.1 Å². The summed E-state index contributed by atoms with van der Waals surface area (Å²) in [6.07, 6.45) is 0. The molecule has 26 heavy (non-hydrogen) atoms. The van der Waals surface area contributed by atoms with Gasteiger partial charge >= 0.3 is 0 Å². The number of nitrogens with one attached hydrogen (secondary N) is 1. The van der Waals surface area contributed by atoms with E-state index in [1.165, 1.54) is 0 Å². The van der Waals surface area contributed by atoms with Gasteiger partial charge in [-0.1, -0.05) is 36.4 Å². The summed E-state index contributed by atoms with van der Waals surface area (Å²) in [5, 5.41) is 3.01. The minimum Gasteiger partial charge on any atom is -0.463 e. The van der Waals surface area contributed by atoms with Crippen LogP contribution in [0.15, 0.2) is 48.5 Å². The summed E-state index contributed by atoms with van der Waals surface area (Å²) in [4.78, 5) is 28.0. The normalized spacial score (nSPS) is 23.6. The van der Waals surface area contributed by atoms with Crippen LogP contribution in [-0.4, -0.2) is 22.3 Å². The molecule has 0 spiro atoms. The van der Waals surface area contributed by atoms with E-state index in [9.17, 15) is 9.59 Å². The van der Waals surface area contributed by atoms with E-state index in [2.05, 4.69) is 5.32 Å². The number of fused-ring (bicyclic) bond motifs is 4. The second-order valence-corrected chi connectivity index (χ2v) is 7.99. The minimum atomic E-state index is -1.01. The molecule has 2 aliphatic rings. The molecule has 2 heterocycles. The van der Waals surface area contributed by atoms with E-state index >= 15 is 0 Å². The second kappa shape index (κ2) is 5.34. The highest BCUT2D eigenvalue weighted by atomic mass is 16.5. The summed E-state index contributed by atoms with van der Waals surface area (Å²) in [5.74, 6) is 0.146. The summed E-state index contributed by atoms with van der Waals surface area (Å²) in [6.45, 7) is 7.63. The molecule has 2 aliphatic heterocycles. The van der Waals surface area contributed by atoms with Crippen molar-refractivity contribution in [1.82, 2.24) is 10.2 Å². The average molecular weight is 350 g/mol. The SMILES string of the molecule is CC(C)(C)NC(=O)[C@H]1c2ccccc2[C@]2(C)Oc3ccccc3C(=O)N12. The molecule has 0 saturated carbocycles. The van der Waals surface area contributed by atoms with Crippen molar-refractivity contribution in [1.29, 1.82) is 0 Å². The number of ether oxygens (including phenoxy) is 1. The molecule has 4 rings (SSSR count). The van der Waals surface area contributed by atoms with Crippen LogP contribution in [0.4, 0.5) is 0 Å². The Balaban J connectivity index is 1.89. The van der Waals surface area contributed by atoms with Crippen LogP contribution in [0.1, 0.15) is 55.2 Å². The van der Waals surface area contributed by atoms with Crippen LogP contribution in [0.25, 0.3) is 0 Å². The van der Waals surface area contributed by atoms with Gasteiger partial charge in [0.15, 0.2) is 0 Å². The molecule has 0 fully saturated rings. The fourth-order valence-electron chi connectivity index (χ4n) is 3.86. The lowest BCUT2D eigenvalue weighted by molar-refractivity contribution is -0.135. The van der Waals surface area contributed by atoms with Gasteiger partial charge in [-0.3, -0.25) is 14.5 Å². The van der Waals surface area contributed by atoms with Gasteiger partial charge in [0.2, 0.25) is 11.6 Å². The maximum atomic E-state index is 13.3. The van der Waals surface area contributed by atoms with Crippen molar-refractivity contribution in [3.63, 3.8) is 0 Å². The van der Waals surface area contributed by atoms with Crippen LogP contribution in [0, 0.1) is 0 Å². The van der Waals surface area contributed by atoms with Gasteiger partial charge in [-0.15, -0.1) is 0 Å². The third-order valence-electron chi connectivity index (χ3n) is 4.86. The van der Waals surface area contributed by atoms with Crippen LogP contribution in [0.3, 0.4) is 0 Å². The van der Waals surface area contributed by atoms with E-state index in [0.717, 1.165) is 11.1 Å². The van der Waals surface area contributed by atoms with Gasteiger partial charge in [0, 0.05) is 11.1 Å². The maximum Gasteiger partial charge on any atom is 0.261 e.